The molecule has 5 aromatic rings. The number of hydrogen-bond donors (Lipinski definition) is 3. The summed E-state index contributed by atoms with van der Waals surface area (Å²) in [5, 5.41) is 5.32. The largest absolute Gasteiger partial charge is 0.491 e. The Balaban J connectivity index is 1.55. The van der Waals surface area contributed by atoms with Gasteiger partial charge in [0.15, 0.2) is 15.6 Å². The monoisotopic (exact) mass is 634 g/mol. The van der Waals surface area contributed by atoms with Crippen LogP contribution in [0.2, 0.25) is 0 Å². The second-order valence-corrected chi connectivity index (χ2v) is 13.7. The molecule has 0 aliphatic heterocycles. The van der Waals surface area contributed by atoms with Crippen molar-refractivity contribution in [1.29, 1.82) is 0 Å². The lowest BCUT2D eigenvalue weighted by atomic mass is 10.1. The summed E-state index contributed by atoms with van der Waals surface area (Å²) in [6, 6.07) is 12.2. The average molecular weight is 635 g/mol. The summed E-state index contributed by atoms with van der Waals surface area (Å²) in [5.41, 5.74) is 4.30. The molecule has 45 heavy (non-hydrogen) atoms. The number of alkyl carbamates (subject to hydrolysis) is 1. The number of amides is 1. The van der Waals surface area contributed by atoms with Crippen LogP contribution in [0.5, 0.6) is 11.6 Å². The van der Waals surface area contributed by atoms with Gasteiger partial charge in [-0.1, -0.05) is 17.7 Å². The zero-order valence-corrected chi connectivity index (χ0v) is 27.2. The van der Waals surface area contributed by atoms with Gasteiger partial charge in [-0.3, -0.25) is 5.32 Å². The Morgan fingerprint density at radius 2 is 1.80 bits per heavy atom. The lowest BCUT2D eigenvalue weighted by molar-refractivity contribution is 0.0528. The predicted molar refractivity (Wildman–Crippen MR) is 172 cm³/mol. The minimum Gasteiger partial charge on any atom is -0.491 e. The summed E-state index contributed by atoms with van der Waals surface area (Å²) in [6.07, 6.45) is 2.93. The molecule has 0 saturated carbocycles. The van der Waals surface area contributed by atoms with E-state index in [1.54, 1.807) is 64.4 Å². The molecule has 12 nitrogen and oxygen atoms in total. The number of rotatable bonds is 10. The quantitative estimate of drug-likeness (QED) is 0.180. The normalized spacial score (nSPS) is 12.8. The molecular formula is C32H38N6O6S. The lowest BCUT2D eigenvalue weighted by Crippen LogP contribution is -2.38. The van der Waals surface area contributed by atoms with Crippen LogP contribution in [0, 0.1) is 6.92 Å². The Labute approximate surface area is 262 Å². The number of aromatic nitrogens is 4. The molecule has 1 aromatic carbocycles. The average Bonchev–Trinajstić information content (AvgIpc) is 3.56. The van der Waals surface area contributed by atoms with Crippen molar-refractivity contribution in [3.8, 4) is 22.9 Å². The summed E-state index contributed by atoms with van der Waals surface area (Å²) in [4.78, 5) is 24.9. The van der Waals surface area contributed by atoms with Gasteiger partial charge in [0.1, 0.15) is 22.1 Å². The molecule has 1 atom stereocenters. The number of aromatic amines is 1. The zero-order valence-electron chi connectivity index (χ0n) is 26.4. The van der Waals surface area contributed by atoms with E-state index in [0.29, 0.717) is 39.4 Å². The molecule has 3 N–H and O–H groups in total. The van der Waals surface area contributed by atoms with Gasteiger partial charge < -0.3 is 29.1 Å². The summed E-state index contributed by atoms with van der Waals surface area (Å²) in [7, 11) is 1.06. The van der Waals surface area contributed by atoms with Crippen LogP contribution in [0.15, 0.2) is 59.8 Å². The number of ether oxygens (including phenoxy) is 3. The third-order valence-electron chi connectivity index (χ3n) is 7.23. The predicted octanol–water partition coefficient (Wildman–Crippen LogP) is 5.03. The van der Waals surface area contributed by atoms with Crippen molar-refractivity contribution in [2.24, 2.45) is 7.05 Å². The first-order valence-corrected chi connectivity index (χ1v) is 15.9. The molecule has 0 saturated heterocycles. The van der Waals surface area contributed by atoms with Crippen LogP contribution in [0.25, 0.3) is 33.3 Å². The second-order valence-electron chi connectivity index (χ2n) is 11.7. The maximum absolute atomic E-state index is 14.1. The van der Waals surface area contributed by atoms with Crippen LogP contribution in [-0.4, -0.2) is 66.9 Å². The van der Waals surface area contributed by atoms with E-state index in [9.17, 15) is 13.2 Å². The van der Waals surface area contributed by atoms with Crippen LogP contribution in [-0.2, 0) is 21.6 Å². The van der Waals surface area contributed by atoms with Crippen molar-refractivity contribution in [3.05, 3.63) is 66.0 Å². The van der Waals surface area contributed by atoms with Crippen LogP contribution < -0.4 is 20.1 Å². The third kappa shape index (κ3) is 6.59. The number of nitrogens with one attached hydrogen (secondary N) is 3. The molecule has 0 bridgehead atoms. The summed E-state index contributed by atoms with van der Waals surface area (Å²) < 4.78 is 46.4. The highest BCUT2D eigenvalue weighted by molar-refractivity contribution is 7.91. The highest BCUT2D eigenvalue weighted by Crippen LogP contribution is 2.38. The van der Waals surface area contributed by atoms with Crippen LogP contribution in [0.4, 0.5) is 4.79 Å². The van der Waals surface area contributed by atoms with Gasteiger partial charge in [0.2, 0.25) is 0 Å². The Hall–Kier alpha value is -4.62. The molecule has 238 valence electrons. The molecule has 0 spiro atoms. The van der Waals surface area contributed by atoms with Crippen molar-refractivity contribution < 1.29 is 27.4 Å². The van der Waals surface area contributed by atoms with E-state index in [-0.39, 0.29) is 18.0 Å². The Bertz CT molecular complexity index is 1960. The SMILES string of the molecule is COc1cc2c(nc1OC)c(-c1cc3c(C(NCCNC(=O)OC(C)(C)C)S(=O)(=O)c4ccc(C)cc4)ccnc3[nH]1)cn2C. The number of hydrogen-bond acceptors (Lipinski definition) is 9. The molecule has 13 heteroatoms. The number of H-pyrrole nitrogens is 1. The van der Waals surface area contributed by atoms with Crippen LogP contribution in [0.3, 0.4) is 0 Å². The fourth-order valence-electron chi connectivity index (χ4n) is 5.10. The van der Waals surface area contributed by atoms with Gasteiger partial charge in [0.05, 0.1) is 30.3 Å². The van der Waals surface area contributed by atoms with Crippen molar-refractivity contribution in [1.82, 2.24) is 30.2 Å². The Morgan fingerprint density at radius 1 is 1.07 bits per heavy atom. The number of aryl methyl sites for hydroxylation is 2. The molecule has 5 rings (SSSR count). The van der Waals surface area contributed by atoms with E-state index in [0.717, 1.165) is 16.6 Å². The number of methoxy groups -OCH3 is 2. The first kappa shape index (κ1) is 31.8. The molecule has 0 radical (unpaired) electrons. The third-order valence-corrected chi connectivity index (χ3v) is 9.20. The summed E-state index contributed by atoms with van der Waals surface area (Å²) >= 11 is 0. The van der Waals surface area contributed by atoms with Crippen LogP contribution in [0.1, 0.15) is 37.3 Å². The zero-order chi connectivity index (χ0) is 32.5. The van der Waals surface area contributed by atoms with E-state index < -0.39 is 26.9 Å². The minimum absolute atomic E-state index is 0.147. The van der Waals surface area contributed by atoms with Gasteiger partial charge in [0.25, 0.3) is 5.88 Å². The van der Waals surface area contributed by atoms with E-state index >= 15 is 0 Å². The molecule has 4 aromatic heterocycles. The number of carbonyl (C=O) groups excluding carboxylic acids is 1. The van der Waals surface area contributed by atoms with Gasteiger partial charge in [-0.05, 0) is 57.5 Å². The van der Waals surface area contributed by atoms with E-state index in [2.05, 4.69) is 20.6 Å². The lowest BCUT2D eigenvalue weighted by Gasteiger charge is -2.22. The standard InChI is InChI=1S/C32H38N6O6S/c1-19-8-10-20(11-9-19)45(40,41)30(34-14-15-35-31(39)44-32(2,3)4)21-12-13-33-28-22(21)16-24(36-28)23-18-38(5)25-17-26(42-6)29(43-7)37-27(23)25/h8-13,16-18,30,34H,14-15H2,1-7H3,(H,33,36)(H,35,39). The smallest absolute Gasteiger partial charge is 0.407 e. The van der Waals surface area contributed by atoms with Gasteiger partial charge in [-0.15, -0.1) is 0 Å². The number of carbonyl (C=O) groups is 1. The maximum atomic E-state index is 14.1. The highest BCUT2D eigenvalue weighted by atomic mass is 32.2. The molecule has 0 aliphatic rings. The van der Waals surface area contributed by atoms with Gasteiger partial charge in [0, 0.05) is 49.5 Å². The number of benzene rings is 1. The molecule has 4 heterocycles. The Morgan fingerprint density at radius 3 is 2.47 bits per heavy atom. The number of nitrogens with zero attached hydrogens (tertiary/aromatic N) is 3. The summed E-state index contributed by atoms with van der Waals surface area (Å²) in [5.74, 6) is 0.857. The number of pyridine rings is 2. The molecule has 1 unspecified atom stereocenters. The molecule has 1 amide bonds. The van der Waals surface area contributed by atoms with Crippen molar-refractivity contribution >= 4 is 38.0 Å². The minimum atomic E-state index is -3.94. The second kappa shape index (κ2) is 12.4. The number of fused-ring (bicyclic) bond motifs is 2. The fraction of sp³-hybridized carbons (Fsp3) is 0.344. The van der Waals surface area contributed by atoms with Crippen LogP contribution >= 0.6 is 0 Å². The Kier molecular flexibility index (Phi) is 8.77. The van der Waals surface area contributed by atoms with Gasteiger partial charge in [-0.25, -0.2) is 23.2 Å². The van der Waals surface area contributed by atoms with Crippen molar-refractivity contribution in [2.75, 3.05) is 27.3 Å². The first-order valence-electron chi connectivity index (χ1n) is 14.4. The maximum Gasteiger partial charge on any atom is 0.407 e. The van der Waals surface area contributed by atoms with E-state index in [4.69, 9.17) is 19.2 Å². The number of sulfone groups is 1. The summed E-state index contributed by atoms with van der Waals surface area (Å²) in [6.45, 7) is 7.53. The van der Waals surface area contributed by atoms with Crippen molar-refractivity contribution in [3.63, 3.8) is 0 Å². The fourth-order valence-corrected chi connectivity index (χ4v) is 6.77. The first-order chi connectivity index (χ1) is 21.3. The van der Waals surface area contributed by atoms with Gasteiger partial charge in [-0.2, -0.15) is 0 Å². The molecule has 0 aliphatic carbocycles. The topological polar surface area (TPSA) is 149 Å². The van der Waals surface area contributed by atoms with Crippen molar-refractivity contribution in [2.45, 2.75) is 43.6 Å². The van der Waals surface area contributed by atoms with E-state index in [1.165, 1.54) is 7.11 Å². The molecular weight excluding hydrogens is 596 g/mol. The van der Waals surface area contributed by atoms with Gasteiger partial charge >= 0.3 is 6.09 Å². The highest BCUT2D eigenvalue weighted by Gasteiger charge is 2.31. The van der Waals surface area contributed by atoms with E-state index in [1.807, 2.05) is 36.9 Å². The molecule has 0 fully saturated rings.